The van der Waals surface area contributed by atoms with Crippen LogP contribution in [0.2, 0.25) is 5.02 Å². The molecule has 0 spiro atoms. The highest BCUT2D eigenvalue weighted by molar-refractivity contribution is 7.99. The summed E-state index contributed by atoms with van der Waals surface area (Å²) in [7, 11) is 3.43. The number of hydrogen-bond donors (Lipinski definition) is 0. The van der Waals surface area contributed by atoms with Crippen LogP contribution < -0.4 is 4.74 Å². The van der Waals surface area contributed by atoms with Gasteiger partial charge in [0.15, 0.2) is 0 Å². The Hall–Kier alpha value is -2.44. The van der Waals surface area contributed by atoms with E-state index in [2.05, 4.69) is 5.10 Å². The van der Waals surface area contributed by atoms with E-state index in [1.807, 2.05) is 59.5 Å². The van der Waals surface area contributed by atoms with Gasteiger partial charge in [0, 0.05) is 29.9 Å². The first-order chi connectivity index (χ1) is 13.6. The first kappa shape index (κ1) is 18.9. The average Bonchev–Trinajstić information content (AvgIpc) is 3.34. The first-order valence-electron chi connectivity index (χ1n) is 8.93. The molecule has 1 atom stereocenters. The number of hydrogen-bond acceptors (Lipinski definition) is 4. The molecule has 0 bridgehead atoms. The van der Waals surface area contributed by atoms with E-state index in [1.54, 1.807) is 30.6 Å². The molecule has 5 nitrogen and oxygen atoms in total. The number of aromatic nitrogens is 2. The number of ether oxygens (including phenoxy) is 1. The third-order valence-corrected chi connectivity index (χ3v) is 6.25. The minimum Gasteiger partial charge on any atom is -0.497 e. The van der Waals surface area contributed by atoms with Crippen molar-refractivity contribution in [3.8, 4) is 17.0 Å². The monoisotopic (exact) mass is 413 g/mol. The van der Waals surface area contributed by atoms with Gasteiger partial charge >= 0.3 is 0 Å². The predicted molar refractivity (Wildman–Crippen MR) is 113 cm³/mol. The first-order valence-corrected chi connectivity index (χ1v) is 10.4. The second kappa shape index (κ2) is 7.89. The van der Waals surface area contributed by atoms with E-state index >= 15 is 0 Å². The van der Waals surface area contributed by atoms with Crippen LogP contribution in [-0.4, -0.2) is 40.0 Å². The van der Waals surface area contributed by atoms with Gasteiger partial charge in [0.2, 0.25) is 0 Å². The molecule has 0 saturated carbocycles. The minimum absolute atomic E-state index is 0.0286. The summed E-state index contributed by atoms with van der Waals surface area (Å²) in [5.41, 5.74) is 3.26. The number of nitrogens with zero attached hydrogens (tertiary/aromatic N) is 3. The standard InChI is InChI=1S/C21H20ClN3O2S/c1-24-19(13-18(23-24)14-5-4-8-17(12-14)27-2)20(26)25-9-10-28-21(25)15-6-3-7-16(22)11-15/h3-8,11-13,21H,9-10H2,1-2H3. The van der Waals surface area contributed by atoms with E-state index < -0.39 is 0 Å². The maximum atomic E-state index is 13.3. The van der Waals surface area contributed by atoms with Crippen LogP contribution >= 0.6 is 23.4 Å². The smallest absolute Gasteiger partial charge is 0.273 e. The lowest BCUT2D eigenvalue weighted by atomic mass is 10.1. The molecular formula is C21H20ClN3O2S. The average molecular weight is 414 g/mol. The number of carbonyl (C=O) groups excluding carboxylic acids is 1. The molecule has 1 aliphatic rings. The second-order valence-corrected chi connectivity index (χ2v) is 8.17. The lowest BCUT2D eigenvalue weighted by Crippen LogP contribution is -2.31. The van der Waals surface area contributed by atoms with E-state index in [9.17, 15) is 4.79 Å². The summed E-state index contributed by atoms with van der Waals surface area (Å²) in [4.78, 5) is 15.2. The summed E-state index contributed by atoms with van der Waals surface area (Å²) < 4.78 is 6.94. The molecular weight excluding hydrogens is 394 g/mol. The van der Waals surface area contributed by atoms with Crippen LogP contribution in [0.1, 0.15) is 21.4 Å². The van der Waals surface area contributed by atoms with Crippen LogP contribution in [-0.2, 0) is 7.05 Å². The predicted octanol–water partition coefficient (Wildman–Crippen LogP) is 4.64. The van der Waals surface area contributed by atoms with Gasteiger partial charge in [-0.15, -0.1) is 11.8 Å². The number of carbonyl (C=O) groups is 1. The molecule has 2 heterocycles. The molecule has 0 radical (unpaired) electrons. The third-order valence-electron chi connectivity index (χ3n) is 4.75. The van der Waals surface area contributed by atoms with Crippen LogP contribution in [0.25, 0.3) is 11.3 Å². The Morgan fingerprint density at radius 2 is 2.04 bits per heavy atom. The molecule has 28 heavy (non-hydrogen) atoms. The lowest BCUT2D eigenvalue weighted by Gasteiger charge is -2.24. The molecule has 0 N–H and O–H groups in total. The zero-order valence-electron chi connectivity index (χ0n) is 15.6. The van der Waals surface area contributed by atoms with E-state index in [0.717, 1.165) is 28.3 Å². The van der Waals surface area contributed by atoms with Gasteiger partial charge in [-0.3, -0.25) is 9.48 Å². The Morgan fingerprint density at radius 3 is 2.82 bits per heavy atom. The summed E-state index contributed by atoms with van der Waals surface area (Å²) in [5, 5.41) is 5.18. The Kier molecular flexibility index (Phi) is 5.33. The normalized spacial score (nSPS) is 16.4. The Morgan fingerprint density at radius 1 is 1.21 bits per heavy atom. The Labute approximate surface area is 173 Å². The quantitative estimate of drug-likeness (QED) is 0.625. The van der Waals surface area contributed by atoms with Crippen LogP contribution in [0.5, 0.6) is 5.75 Å². The van der Waals surface area contributed by atoms with Crippen LogP contribution in [0.4, 0.5) is 0 Å². The summed E-state index contributed by atoms with van der Waals surface area (Å²) in [5.74, 6) is 1.62. The number of methoxy groups -OCH3 is 1. The maximum absolute atomic E-state index is 13.3. The maximum Gasteiger partial charge on any atom is 0.273 e. The second-order valence-electron chi connectivity index (χ2n) is 6.55. The van der Waals surface area contributed by atoms with Crippen molar-refractivity contribution in [2.75, 3.05) is 19.4 Å². The topological polar surface area (TPSA) is 47.4 Å². The van der Waals surface area contributed by atoms with Gasteiger partial charge in [0.05, 0.1) is 12.8 Å². The van der Waals surface area contributed by atoms with Crippen molar-refractivity contribution in [3.05, 3.63) is 70.9 Å². The zero-order valence-corrected chi connectivity index (χ0v) is 17.2. The van der Waals surface area contributed by atoms with E-state index in [1.165, 1.54) is 0 Å². The number of rotatable bonds is 4. The van der Waals surface area contributed by atoms with Gasteiger partial charge in [-0.25, -0.2) is 0 Å². The van der Waals surface area contributed by atoms with Crippen molar-refractivity contribution >= 4 is 29.3 Å². The molecule has 4 rings (SSSR count). The molecule has 1 aromatic heterocycles. The largest absolute Gasteiger partial charge is 0.497 e. The fourth-order valence-electron chi connectivity index (χ4n) is 3.35. The van der Waals surface area contributed by atoms with Crippen LogP contribution in [0.3, 0.4) is 0 Å². The Bertz CT molecular complexity index is 1020. The number of aryl methyl sites for hydroxylation is 1. The van der Waals surface area contributed by atoms with Crippen molar-refractivity contribution < 1.29 is 9.53 Å². The van der Waals surface area contributed by atoms with Crippen molar-refractivity contribution in [1.29, 1.82) is 0 Å². The van der Waals surface area contributed by atoms with Gasteiger partial charge in [0.1, 0.15) is 16.8 Å². The molecule has 1 fully saturated rings. The van der Waals surface area contributed by atoms with Gasteiger partial charge < -0.3 is 9.64 Å². The van der Waals surface area contributed by atoms with E-state index in [4.69, 9.17) is 16.3 Å². The van der Waals surface area contributed by atoms with Crippen molar-refractivity contribution in [1.82, 2.24) is 14.7 Å². The highest BCUT2D eigenvalue weighted by Crippen LogP contribution is 2.39. The minimum atomic E-state index is -0.0404. The van der Waals surface area contributed by atoms with Gasteiger partial charge in [0.25, 0.3) is 5.91 Å². The van der Waals surface area contributed by atoms with Crippen molar-refractivity contribution in [2.45, 2.75) is 5.37 Å². The highest BCUT2D eigenvalue weighted by atomic mass is 35.5. The molecule has 1 aliphatic heterocycles. The van der Waals surface area contributed by atoms with Crippen molar-refractivity contribution in [2.24, 2.45) is 7.05 Å². The van der Waals surface area contributed by atoms with Crippen molar-refractivity contribution in [3.63, 3.8) is 0 Å². The summed E-state index contributed by atoms with van der Waals surface area (Å²) in [6.07, 6.45) is 0. The SMILES string of the molecule is COc1cccc(-c2cc(C(=O)N3CCSC3c3cccc(Cl)c3)n(C)n2)c1. The number of thioether (sulfide) groups is 1. The highest BCUT2D eigenvalue weighted by Gasteiger charge is 2.33. The van der Waals surface area contributed by atoms with E-state index in [0.29, 0.717) is 17.3 Å². The summed E-state index contributed by atoms with van der Waals surface area (Å²) >= 11 is 7.90. The van der Waals surface area contributed by atoms with Gasteiger partial charge in [-0.2, -0.15) is 5.10 Å². The fraction of sp³-hybridized carbons (Fsp3) is 0.238. The Balaban J connectivity index is 1.63. The van der Waals surface area contributed by atoms with Crippen LogP contribution in [0, 0.1) is 0 Å². The number of amides is 1. The number of benzene rings is 2. The lowest BCUT2D eigenvalue weighted by molar-refractivity contribution is 0.0749. The number of halogens is 1. The third kappa shape index (κ3) is 3.62. The zero-order chi connectivity index (χ0) is 19.7. The molecule has 1 unspecified atom stereocenters. The summed E-state index contributed by atoms with van der Waals surface area (Å²) in [6.45, 7) is 0.695. The summed E-state index contributed by atoms with van der Waals surface area (Å²) in [6, 6.07) is 17.2. The molecule has 1 saturated heterocycles. The molecule has 1 amide bonds. The molecule has 7 heteroatoms. The fourth-order valence-corrected chi connectivity index (χ4v) is 4.80. The molecule has 3 aromatic rings. The van der Waals surface area contributed by atoms with Crippen LogP contribution in [0.15, 0.2) is 54.6 Å². The van der Waals surface area contributed by atoms with Gasteiger partial charge in [-0.1, -0.05) is 35.9 Å². The van der Waals surface area contributed by atoms with Gasteiger partial charge in [-0.05, 0) is 35.9 Å². The molecule has 0 aliphatic carbocycles. The molecule has 144 valence electrons. The van der Waals surface area contributed by atoms with E-state index in [-0.39, 0.29) is 11.3 Å². The molecule has 2 aromatic carbocycles.